The minimum absolute atomic E-state index is 1.18. The minimum Gasteiger partial charge on any atom is -0.479 e. The minimum atomic E-state index is -1.72. The lowest BCUT2D eigenvalue weighted by molar-refractivity contribution is -0.283. The van der Waals surface area contributed by atoms with Crippen molar-refractivity contribution in [2.75, 3.05) is 7.11 Å². The topological polar surface area (TPSA) is 116 Å². The number of rotatable bonds is 2. The number of aliphatic hydroxyl groups excluding tert-OH is 3. The van der Waals surface area contributed by atoms with E-state index in [9.17, 15) is 9.90 Å². The van der Waals surface area contributed by atoms with Gasteiger partial charge in [-0.25, -0.2) is 4.79 Å². The maximum atomic E-state index is 10.6. The van der Waals surface area contributed by atoms with E-state index in [-0.39, 0.29) is 0 Å². The lowest BCUT2D eigenvalue weighted by Crippen LogP contribution is -2.60. The average molecular weight is 208 g/mol. The number of aliphatic hydroxyl groups is 3. The highest BCUT2D eigenvalue weighted by molar-refractivity contribution is 5.73. The highest BCUT2D eigenvalue weighted by atomic mass is 16.7. The number of aliphatic carboxylic acids is 1. The van der Waals surface area contributed by atoms with Crippen LogP contribution in [0.25, 0.3) is 0 Å². The molecule has 0 spiro atoms. The van der Waals surface area contributed by atoms with Crippen LogP contribution in [0, 0.1) is 0 Å². The van der Waals surface area contributed by atoms with Gasteiger partial charge in [-0.05, 0) is 0 Å². The van der Waals surface area contributed by atoms with Crippen LogP contribution in [0.1, 0.15) is 0 Å². The molecule has 4 N–H and O–H groups in total. The molecule has 1 heterocycles. The number of hydrogen-bond acceptors (Lipinski definition) is 6. The molecule has 0 aromatic rings. The molecule has 0 radical (unpaired) electrons. The molecule has 5 atom stereocenters. The first-order chi connectivity index (χ1) is 6.49. The first kappa shape index (κ1) is 11.3. The molecule has 14 heavy (non-hydrogen) atoms. The van der Waals surface area contributed by atoms with Crippen LogP contribution in [0.2, 0.25) is 0 Å². The summed E-state index contributed by atoms with van der Waals surface area (Å²) in [5.74, 6) is -1.37. The van der Waals surface area contributed by atoms with Crippen LogP contribution in [0.15, 0.2) is 0 Å². The Bertz CT molecular complexity index is 218. The van der Waals surface area contributed by atoms with Crippen molar-refractivity contribution >= 4 is 5.97 Å². The molecule has 1 fully saturated rings. The van der Waals surface area contributed by atoms with E-state index in [2.05, 4.69) is 9.47 Å². The largest absolute Gasteiger partial charge is 0.479 e. The van der Waals surface area contributed by atoms with Gasteiger partial charge in [0.1, 0.15) is 18.3 Å². The third-order valence-corrected chi connectivity index (χ3v) is 2.08. The SMILES string of the molecule is CO[C@H]1C(C(=O)O)O[C@@H](O)C(O)[C@H]1O. The number of carboxylic acid groups (broad SMARTS) is 1. The van der Waals surface area contributed by atoms with E-state index in [1.54, 1.807) is 0 Å². The van der Waals surface area contributed by atoms with Crippen LogP contribution < -0.4 is 0 Å². The van der Waals surface area contributed by atoms with Gasteiger partial charge in [-0.2, -0.15) is 0 Å². The van der Waals surface area contributed by atoms with Crippen molar-refractivity contribution in [1.29, 1.82) is 0 Å². The maximum absolute atomic E-state index is 10.6. The lowest BCUT2D eigenvalue weighted by Gasteiger charge is -2.37. The zero-order chi connectivity index (χ0) is 10.9. The van der Waals surface area contributed by atoms with E-state index in [0.29, 0.717) is 0 Å². The Hall–Kier alpha value is -0.730. The zero-order valence-corrected chi connectivity index (χ0v) is 7.40. The zero-order valence-electron chi connectivity index (χ0n) is 7.40. The summed E-state index contributed by atoms with van der Waals surface area (Å²) < 4.78 is 9.22. The van der Waals surface area contributed by atoms with E-state index in [1.807, 2.05) is 0 Å². The molecular weight excluding hydrogens is 196 g/mol. The number of carboxylic acids is 1. The van der Waals surface area contributed by atoms with Gasteiger partial charge in [-0.1, -0.05) is 0 Å². The predicted molar refractivity (Wildman–Crippen MR) is 41.3 cm³/mol. The number of hydrogen-bond donors (Lipinski definition) is 4. The van der Waals surface area contributed by atoms with Crippen molar-refractivity contribution in [3.05, 3.63) is 0 Å². The number of methoxy groups -OCH3 is 1. The molecule has 2 unspecified atom stereocenters. The summed E-state index contributed by atoms with van der Waals surface area (Å²) in [5.41, 5.74) is 0. The van der Waals surface area contributed by atoms with Crippen molar-refractivity contribution in [3.8, 4) is 0 Å². The van der Waals surface area contributed by atoms with Crippen LogP contribution >= 0.6 is 0 Å². The summed E-state index contributed by atoms with van der Waals surface area (Å²) in [6.45, 7) is 0. The Labute approximate surface area is 79.5 Å². The number of carbonyl (C=O) groups is 1. The molecule has 7 heteroatoms. The van der Waals surface area contributed by atoms with Gasteiger partial charge in [-0.3, -0.25) is 0 Å². The van der Waals surface area contributed by atoms with Gasteiger partial charge in [0, 0.05) is 7.11 Å². The van der Waals surface area contributed by atoms with Gasteiger partial charge in [0.2, 0.25) is 0 Å². The fourth-order valence-electron chi connectivity index (χ4n) is 1.31. The highest BCUT2D eigenvalue weighted by Gasteiger charge is 2.47. The fourth-order valence-corrected chi connectivity index (χ4v) is 1.31. The summed E-state index contributed by atoms with van der Waals surface area (Å²) in [4.78, 5) is 10.6. The van der Waals surface area contributed by atoms with Crippen molar-refractivity contribution in [2.24, 2.45) is 0 Å². The van der Waals surface area contributed by atoms with Crippen LogP contribution in [-0.2, 0) is 14.3 Å². The molecule has 1 aliphatic heterocycles. The second kappa shape index (κ2) is 4.20. The molecular formula is C7H12O7. The molecule has 0 saturated carbocycles. The van der Waals surface area contributed by atoms with Crippen LogP contribution in [-0.4, -0.2) is 64.2 Å². The van der Waals surface area contributed by atoms with Crippen LogP contribution in [0.4, 0.5) is 0 Å². The van der Waals surface area contributed by atoms with Gasteiger partial charge in [0.05, 0.1) is 0 Å². The van der Waals surface area contributed by atoms with E-state index in [0.717, 1.165) is 0 Å². The molecule has 82 valence electrons. The standard InChI is InChI=1S/C7H12O7/c1-13-4-2(8)3(9)7(12)14-5(4)6(10)11/h2-5,7-9,12H,1H3,(H,10,11)/t2-,3?,4-,5?,7-/m1/s1. The molecule has 7 nitrogen and oxygen atoms in total. The van der Waals surface area contributed by atoms with Gasteiger partial charge in [0.25, 0.3) is 0 Å². The Morgan fingerprint density at radius 1 is 1.29 bits per heavy atom. The lowest BCUT2D eigenvalue weighted by atomic mass is 9.99. The van der Waals surface area contributed by atoms with Gasteiger partial charge in [-0.15, -0.1) is 0 Å². The normalized spacial score (nSPS) is 43.6. The van der Waals surface area contributed by atoms with Crippen molar-refractivity contribution in [3.63, 3.8) is 0 Å². The molecule has 1 saturated heterocycles. The monoisotopic (exact) mass is 208 g/mol. The quantitative estimate of drug-likeness (QED) is 0.397. The van der Waals surface area contributed by atoms with Crippen LogP contribution in [0.3, 0.4) is 0 Å². The third-order valence-electron chi connectivity index (χ3n) is 2.08. The Balaban J connectivity index is 2.82. The smallest absolute Gasteiger partial charge is 0.335 e. The van der Waals surface area contributed by atoms with Crippen molar-refractivity contribution in [2.45, 2.75) is 30.7 Å². The van der Waals surface area contributed by atoms with Crippen LogP contribution in [0.5, 0.6) is 0 Å². The Morgan fingerprint density at radius 2 is 1.86 bits per heavy atom. The van der Waals surface area contributed by atoms with E-state index < -0.39 is 36.7 Å². The average Bonchev–Trinajstić information content (AvgIpc) is 2.13. The first-order valence-electron chi connectivity index (χ1n) is 3.94. The summed E-state index contributed by atoms with van der Waals surface area (Å²) in [6, 6.07) is 0. The molecule has 0 bridgehead atoms. The molecule has 0 aromatic heterocycles. The number of ether oxygens (including phenoxy) is 2. The van der Waals surface area contributed by atoms with Crippen molar-refractivity contribution < 1.29 is 34.7 Å². The molecule has 1 aliphatic rings. The van der Waals surface area contributed by atoms with Gasteiger partial charge < -0.3 is 29.9 Å². The fraction of sp³-hybridized carbons (Fsp3) is 0.857. The third kappa shape index (κ3) is 1.86. The van der Waals surface area contributed by atoms with E-state index in [1.165, 1.54) is 7.11 Å². The van der Waals surface area contributed by atoms with E-state index >= 15 is 0 Å². The van der Waals surface area contributed by atoms with Gasteiger partial charge in [0.15, 0.2) is 12.4 Å². The maximum Gasteiger partial charge on any atom is 0.335 e. The molecule has 1 rings (SSSR count). The van der Waals surface area contributed by atoms with Gasteiger partial charge >= 0.3 is 5.97 Å². The molecule has 0 aliphatic carbocycles. The summed E-state index contributed by atoms with van der Waals surface area (Å²) in [5, 5.41) is 36.2. The Kier molecular flexibility index (Phi) is 3.40. The van der Waals surface area contributed by atoms with E-state index in [4.69, 9.17) is 15.3 Å². The second-order valence-corrected chi connectivity index (χ2v) is 2.97. The predicted octanol–water partition coefficient (Wildman–Crippen LogP) is -2.47. The second-order valence-electron chi connectivity index (χ2n) is 2.97. The first-order valence-corrected chi connectivity index (χ1v) is 3.94. The van der Waals surface area contributed by atoms with Crippen molar-refractivity contribution in [1.82, 2.24) is 0 Å². The Morgan fingerprint density at radius 3 is 2.29 bits per heavy atom. The molecule has 0 amide bonds. The molecule has 0 aromatic carbocycles. The summed E-state index contributed by atoms with van der Waals surface area (Å²) in [7, 11) is 1.18. The highest BCUT2D eigenvalue weighted by Crippen LogP contribution is 2.21. The summed E-state index contributed by atoms with van der Waals surface area (Å²) >= 11 is 0. The summed E-state index contributed by atoms with van der Waals surface area (Å²) in [6.07, 6.45) is -7.49.